The summed E-state index contributed by atoms with van der Waals surface area (Å²) in [6, 6.07) is 5.62. The molecule has 0 aliphatic carbocycles. The van der Waals surface area contributed by atoms with Crippen LogP contribution in [0.15, 0.2) is 23.3 Å². The van der Waals surface area contributed by atoms with Crippen molar-refractivity contribution in [3.63, 3.8) is 0 Å². The number of methoxy groups -OCH3 is 1. The number of benzene rings is 1. The fraction of sp³-hybridized carbons (Fsp3) is 0.500. The highest BCUT2D eigenvalue weighted by atomic mass is 32.1. The quantitative estimate of drug-likeness (QED) is 0.451. The third-order valence-electron chi connectivity index (χ3n) is 3.38. The first-order valence-corrected chi connectivity index (χ1v) is 8.13. The molecule has 0 saturated carbocycles. The van der Waals surface area contributed by atoms with E-state index in [1.807, 2.05) is 25.1 Å². The van der Waals surface area contributed by atoms with Gasteiger partial charge in [0, 0.05) is 13.2 Å². The Hall–Kier alpha value is -1.86. The van der Waals surface area contributed by atoms with Crippen molar-refractivity contribution in [2.24, 2.45) is 5.10 Å². The number of hydrazone groups is 1. The minimum Gasteiger partial charge on any atom is -0.493 e. The van der Waals surface area contributed by atoms with Crippen LogP contribution in [0, 0.1) is 0 Å². The Bertz CT molecular complexity index is 545. The Labute approximate surface area is 142 Å². The summed E-state index contributed by atoms with van der Waals surface area (Å²) in [6.45, 7) is 4.07. The van der Waals surface area contributed by atoms with Crippen LogP contribution in [0.1, 0.15) is 25.3 Å². The standard InChI is InChI=1S/C16H23N3O3S/c1-3-21-14-7-6-12(9-15(14)20-2)10-18-19-16(23)17-11-13-5-4-8-22-13/h6-7,9-10,13H,3-5,8,11H2,1-2H3,(H2,17,19,23)/b18-10-/t13-/m1/s1. The van der Waals surface area contributed by atoms with Crippen molar-refractivity contribution in [1.82, 2.24) is 10.7 Å². The minimum atomic E-state index is 0.245. The number of hydrogen-bond donors (Lipinski definition) is 2. The molecule has 23 heavy (non-hydrogen) atoms. The summed E-state index contributed by atoms with van der Waals surface area (Å²) in [7, 11) is 1.61. The molecule has 1 aromatic rings. The predicted octanol–water partition coefficient (Wildman–Crippen LogP) is 2.07. The van der Waals surface area contributed by atoms with E-state index in [-0.39, 0.29) is 6.10 Å². The number of nitrogens with one attached hydrogen (secondary N) is 2. The van der Waals surface area contributed by atoms with E-state index in [1.54, 1.807) is 13.3 Å². The van der Waals surface area contributed by atoms with Gasteiger partial charge in [-0.15, -0.1) is 0 Å². The second kappa shape index (κ2) is 9.32. The highest BCUT2D eigenvalue weighted by Gasteiger charge is 2.14. The molecule has 7 heteroatoms. The van der Waals surface area contributed by atoms with Gasteiger partial charge in [-0.05, 0) is 55.7 Å². The smallest absolute Gasteiger partial charge is 0.187 e. The van der Waals surface area contributed by atoms with E-state index in [0.717, 1.165) is 25.0 Å². The number of ether oxygens (including phenoxy) is 3. The van der Waals surface area contributed by atoms with Crippen molar-refractivity contribution in [2.45, 2.75) is 25.9 Å². The lowest BCUT2D eigenvalue weighted by atomic mass is 10.2. The summed E-state index contributed by atoms with van der Waals surface area (Å²) < 4.78 is 16.3. The Balaban J connectivity index is 1.81. The largest absolute Gasteiger partial charge is 0.493 e. The molecule has 0 bridgehead atoms. The first kappa shape index (κ1) is 17.5. The highest BCUT2D eigenvalue weighted by molar-refractivity contribution is 7.80. The van der Waals surface area contributed by atoms with Crippen LogP contribution >= 0.6 is 12.2 Å². The maximum absolute atomic E-state index is 5.52. The molecule has 2 N–H and O–H groups in total. The molecule has 1 saturated heterocycles. The molecule has 1 aliphatic heterocycles. The van der Waals surface area contributed by atoms with Crippen LogP contribution in [0.3, 0.4) is 0 Å². The summed E-state index contributed by atoms with van der Waals surface area (Å²) in [5.74, 6) is 1.39. The van der Waals surface area contributed by atoms with Crippen molar-refractivity contribution in [2.75, 3.05) is 26.9 Å². The molecule has 0 unspecified atom stereocenters. The van der Waals surface area contributed by atoms with Crippen molar-refractivity contribution in [3.8, 4) is 11.5 Å². The van der Waals surface area contributed by atoms with Crippen LogP contribution < -0.4 is 20.2 Å². The van der Waals surface area contributed by atoms with Gasteiger partial charge in [0.15, 0.2) is 16.6 Å². The van der Waals surface area contributed by atoms with Crippen LogP contribution in [0.25, 0.3) is 0 Å². The number of hydrogen-bond acceptors (Lipinski definition) is 5. The normalized spacial score (nSPS) is 17.2. The Morgan fingerprint density at radius 1 is 1.48 bits per heavy atom. The molecule has 126 valence electrons. The van der Waals surface area contributed by atoms with Gasteiger partial charge in [0.05, 0.1) is 26.0 Å². The van der Waals surface area contributed by atoms with Crippen LogP contribution in [0.2, 0.25) is 0 Å². The predicted molar refractivity (Wildman–Crippen MR) is 94.5 cm³/mol. The molecular weight excluding hydrogens is 314 g/mol. The highest BCUT2D eigenvalue weighted by Crippen LogP contribution is 2.27. The van der Waals surface area contributed by atoms with Crippen molar-refractivity contribution in [3.05, 3.63) is 23.8 Å². The van der Waals surface area contributed by atoms with Crippen molar-refractivity contribution in [1.29, 1.82) is 0 Å². The second-order valence-corrected chi connectivity index (χ2v) is 5.47. The first-order valence-electron chi connectivity index (χ1n) is 7.72. The molecule has 1 aliphatic rings. The monoisotopic (exact) mass is 337 g/mol. The number of nitrogens with zero attached hydrogens (tertiary/aromatic N) is 1. The molecule has 0 amide bonds. The third-order valence-corrected chi connectivity index (χ3v) is 3.62. The van der Waals surface area contributed by atoms with E-state index in [4.69, 9.17) is 26.4 Å². The zero-order valence-corrected chi connectivity index (χ0v) is 14.3. The Morgan fingerprint density at radius 3 is 3.04 bits per heavy atom. The van der Waals surface area contributed by atoms with Crippen LogP contribution in [0.5, 0.6) is 11.5 Å². The minimum absolute atomic E-state index is 0.245. The maximum Gasteiger partial charge on any atom is 0.187 e. The van der Waals surface area contributed by atoms with Gasteiger partial charge < -0.3 is 19.5 Å². The van der Waals surface area contributed by atoms with Crippen LogP contribution in [-0.2, 0) is 4.74 Å². The Kier molecular flexibility index (Phi) is 7.09. The third kappa shape index (κ3) is 5.69. The molecule has 1 heterocycles. The SMILES string of the molecule is CCOc1ccc(/C=N\NC(=S)NC[C@H]2CCCO2)cc1OC. The summed E-state index contributed by atoms with van der Waals surface area (Å²) in [6.07, 6.45) is 4.11. The lowest BCUT2D eigenvalue weighted by Crippen LogP contribution is -2.37. The van der Waals surface area contributed by atoms with E-state index in [1.165, 1.54) is 0 Å². The second-order valence-electron chi connectivity index (χ2n) is 5.06. The fourth-order valence-electron chi connectivity index (χ4n) is 2.26. The van der Waals surface area contributed by atoms with Gasteiger partial charge in [-0.2, -0.15) is 5.10 Å². The zero-order valence-electron chi connectivity index (χ0n) is 13.5. The van der Waals surface area contributed by atoms with Crippen molar-refractivity contribution < 1.29 is 14.2 Å². The van der Waals surface area contributed by atoms with Crippen LogP contribution in [-0.4, -0.2) is 44.3 Å². The van der Waals surface area contributed by atoms with Gasteiger partial charge in [0.25, 0.3) is 0 Å². The molecule has 1 aromatic carbocycles. The van der Waals surface area contributed by atoms with E-state index in [9.17, 15) is 0 Å². The van der Waals surface area contributed by atoms with Gasteiger partial charge in [-0.3, -0.25) is 5.43 Å². The van der Waals surface area contributed by atoms with E-state index >= 15 is 0 Å². The Morgan fingerprint density at radius 2 is 2.35 bits per heavy atom. The van der Waals surface area contributed by atoms with Crippen molar-refractivity contribution >= 4 is 23.5 Å². The fourth-order valence-corrected chi connectivity index (χ4v) is 2.39. The number of thiocarbonyl (C=S) groups is 1. The molecular formula is C16H23N3O3S. The van der Waals surface area contributed by atoms with Gasteiger partial charge in [0.2, 0.25) is 0 Å². The number of rotatable bonds is 7. The van der Waals surface area contributed by atoms with E-state index in [0.29, 0.717) is 29.8 Å². The van der Waals surface area contributed by atoms with Crippen LogP contribution in [0.4, 0.5) is 0 Å². The van der Waals surface area contributed by atoms with Gasteiger partial charge in [0.1, 0.15) is 0 Å². The lowest BCUT2D eigenvalue weighted by Gasteiger charge is -2.12. The summed E-state index contributed by atoms with van der Waals surface area (Å²) in [5, 5.41) is 7.70. The molecule has 0 spiro atoms. The average molecular weight is 337 g/mol. The van der Waals surface area contributed by atoms with Gasteiger partial charge in [-0.25, -0.2) is 0 Å². The first-order chi connectivity index (χ1) is 11.2. The van der Waals surface area contributed by atoms with Gasteiger partial charge >= 0.3 is 0 Å². The summed E-state index contributed by atoms with van der Waals surface area (Å²) in [4.78, 5) is 0. The zero-order chi connectivity index (χ0) is 16.5. The average Bonchev–Trinajstić information content (AvgIpc) is 3.08. The van der Waals surface area contributed by atoms with Gasteiger partial charge in [-0.1, -0.05) is 0 Å². The summed E-state index contributed by atoms with van der Waals surface area (Å²) in [5.41, 5.74) is 3.68. The molecule has 0 radical (unpaired) electrons. The molecule has 1 fully saturated rings. The topological polar surface area (TPSA) is 64.1 Å². The molecule has 2 rings (SSSR count). The summed E-state index contributed by atoms with van der Waals surface area (Å²) >= 11 is 5.17. The molecule has 0 aromatic heterocycles. The lowest BCUT2D eigenvalue weighted by molar-refractivity contribution is 0.114. The molecule has 1 atom stereocenters. The van der Waals surface area contributed by atoms with E-state index in [2.05, 4.69) is 15.8 Å². The maximum atomic E-state index is 5.52. The molecule has 6 nitrogen and oxygen atoms in total. The van der Waals surface area contributed by atoms with E-state index < -0.39 is 0 Å².